The largest absolute Gasteiger partial charge is 0.491 e. The lowest BCUT2D eigenvalue weighted by molar-refractivity contribution is -0.118. The van der Waals surface area contributed by atoms with Crippen molar-refractivity contribution in [1.82, 2.24) is 10.2 Å². The summed E-state index contributed by atoms with van der Waals surface area (Å²) in [6.07, 6.45) is 0.651. The van der Waals surface area contributed by atoms with Gasteiger partial charge in [0.25, 0.3) is 11.1 Å². The van der Waals surface area contributed by atoms with Crippen molar-refractivity contribution in [3.05, 3.63) is 60.4 Å². The predicted octanol–water partition coefficient (Wildman–Crippen LogP) is 4.37. The van der Waals surface area contributed by atoms with Gasteiger partial charge >= 0.3 is 6.09 Å². The molecular formula is C27H31N3O7S. The molecule has 2 atom stereocenters. The highest BCUT2D eigenvalue weighted by Gasteiger charge is 2.31. The number of fused-ring (bicyclic) bond motifs is 1. The lowest BCUT2D eigenvalue weighted by Crippen LogP contribution is -2.43. The molecule has 1 aliphatic heterocycles. The number of thioether (sulfide) groups is 1. The molecule has 1 saturated heterocycles. The number of carbonyl (C=O) groups excluding carboxylic acids is 3. The molecule has 0 spiro atoms. The van der Waals surface area contributed by atoms with Crippen molar-refractivity contribution >= 4 is 45.7 Å². The SMILES string of the molecule is CC(C)(C)OC(=O)N(CCc1ccc(NC2SC(=O)NC2=O)cc1)C[C@H](O)COc1ccc2occc2c1. The summed E-state index contributed by atoms with van der Waals surface area (Å²) in [5, 5.41) is 15.8. The highest BCUT2D eigenvalue weighted by Crippen LogP contribution is 2.23. The summed E-state index contributed by atoms with van der Waals surface area (Å²) in [6, 6.07) is 14.6. The van der Waals surface area contributed by atoms with Gasteiger partial charge in [-0.15, -0.1) is 0 Å². The van der Waals surface area contributed by atoms with E-state index in [1.807, 2.05) is 36.4 Å². The molecule has 3 aromatic rings. The van der Waals surface area contributed by atoms with E-state index in [1.165, 1.54) is 4.90 Å². The normalized spacial score (nSPS) is 16.3. The number of aliphatic hydroxyl groups excluding tert-OH is 1. The van der Waals surface area contributed by atoms with Crippen LogP contribution in [0.3, 0.4) is 0 Å². The number of ether oxygens (including phenoxy) is 2. The monoisotopic (exact) mass is 541 g/mol. The third-order valence-corrected chi connectivity index (χ3v) is 6.44. The van der Waals surface area contributed by atoms with Crippen molar-refractivity contribution in [3.8, 4) is 5.75 Å². The van der Waals surface area contributed by atoms with Crippen LogP contribution >= 0.6 is 11.8 Å². The van der Waals surface area contributed by atoms with Gasteiger partial charge in [-0.3, -0.25) is 14.9 Å². The minimum atomic E-state index is -0.938. The van der Waals surface area contributed by atoms with Crippen LogP contribution in [-0.2, 0) is 16.0 Å². The number of amides is 3. The van der Waals surface area contributed by atoms with Crippen LogP contribution < -0.4 is 15.4 Å². The number of anilines is 1. The Balaban J connectivity index is 1.33. The summed E-state index contributed by atoms with van der Waals surface area (Å²) in [5.41, 5.74) is 1.70. The third kappa shape index (κ3) is 7.65. The van der Waals surface area contributed by atoms with E-state index in [1.54, 1.807) is 39.2 Å². The van der Waals surface area contributed by atoms with Crippen LogP contribution in [0.25, 0.3) is 11.0 Å². The minimum Gasteiger partial charge on any atom is -0.491 e. The molecule has 2 aromatic carbocycles. The van der Waals surface area contributed by atoms with Gasteiger partial charge in [-0.05, 0) is 80.9 Å². The zero-order valence-corrected chi connectivity index (χ0v) is 22.2. The molecular weight excluding hydrogens is 510 g/mol. The molecule has 0 bridgehead atoms. The van der Waals surface area contributed by atoms with E-state index in [2.05, 4.69) is 10.6 Å². The number of hydrogen-bond acceptors (Lipinski definition) is 9. The zero-order chi connectivity index (χ0) is 27.3. The first kappa shape index (κ1) is 27.3. The van der Waals surface area contributed by atoms with E-state index in [0.717, 1.165) is 28.3 Å². The topological polar surface area (TPSA) is 130 Å². The molecule has 1 aliphatic rings. The van der Waals surface area contributed by atoms with Crippen LogP contribution in [0.2, 0.25) is 0 Å². The summed E-state index contributed by atoms with van der Waals surface area (Å²) < 4.78 is 16.6. The van der Waals surface area contributed by atoms with Crippen LogP contribution in [0.1, 0.15) is 26.3 Å². The Labute approximate surface area is 224 Å². The molecule has 0 radical (unpaired) electrons. The van der Waals surface area contributed by atoms with Crippen LogP contribution in [-0.4, -0.2) is 64.0 Å². The second-order valence-corrected chi connectivity index (χ2v) is 11.0. The highest BCUT2D eigenvalue weighted by molar-refractivity contribution is 8.15. The first-order valence-electron chi connectivity index (χ1n) is 12.2. The van der Waals surface area contributed by atoms with Crippen LogP contribution in [0.5, 0.6) is 5.75 Å². The molecule has 0 aliphatic carbocycles. The molecule has 3 amide bonds. The standard InChI is InChI=1S/C27H31N3O7S/c1-27(2,3)37-26(34)30(15-20(31)16-36-21-8-9-22-18(14-21)11-13-35-22)12-10-17-4-6-19(7-5-17)28-24-23(32)29-25(33)38-24/h4-9,11,13-14,20,24,28,31H,10,12,15-16H2,1-3H3,(H,29,32,33)/t20-,24?/m0/s1. The number of nitrogens with zero attached hydrogens (tertiary/aromatic N) is 1. The Bertz CT molecular complexity index is 1290. The summed E-state index contributed by atoms with van der Waals surface area (Å²) in [5.74, 6) is 0.218. The summed E-state index contributed by atoms with van der Waals surface area (Å²) in [4.78, 5) is 37.4. The van der Waals surface area contributed by atoms with Gasteiger partial charge < -0.3 is 29.2 Å². The zero-order valence-electron chi connectivity index (χ0n) is 21.4. The van der Waals surface area contributed by atoms with Gasteiger partial charge in [0.05, 0.1) is 12.8 Å². The van der Waals surface area contributed by atoms with Crippen molar-refractivity contribution in [2.45, 2.75) is 44.3 Å². The van der Waals surface area contributed by atoms with Crippen molar-refractivity contribution in [3.63, 3.8) is 0 Å². The number of benzene rings is 2. The molecule has 3 N–H and O–H groups in total. The van der Waals surface area contributed by atoms with Crippen molar-refractivity contribution < 1.29 is 33.4 Å². The first-order valence-corrected chi connectivity index (χ1v) is 13.1. The van der Waals surface area contributed by atoms with Crippen LogP contribution in [0.4, 0.5) is 15.3 Å². The van der Waals surface area contributed by atoms with E-state index < -0.39 is 23.2 Å². The van der Waals surface area contributed by atoms with E-state index in [-0.39, 0.29) is 24.3 Å². The number of rotatable bonds is 10. The van der Waals surface area contributed by atoms with Gasteiger partial charge in [0.15, 0.2) is 5.37 Å². The van der Waals surface area contributed by atoms with Gasteiger partial charge in [-0.2, -0.15) is 0 Å². The average molecular weight is 542 g/mol. The molecule has 10 nitrogen and oxygen atoms in total. The number of carbonyl (C=O) groups is 3. The Morgan fingerprint density at radius 1 is 1.18 bits per heavy atom. The van der Waals surface area contributed by atoms with Gasteiger partial charge in [-0.1, -0.05) is 12.1 Å². The summed E-state index contributed by atoms with van der Waals surface area (Å²) in [7, 11) is 0. The Morgan fingerprint density at radius 2 is 1.95 bits per heavy atom. The fourth-order valence-corrected chi connectivity index (χ4v) is 4.49. The quantitative estimate of drug-likeness (QED) is 0.342. The molecule has 1 fully saturated rings. The number of aliphatic hydroxyl groups is 1. The van der Waals surface area contributed by atoms with Crippen LogP contribution in [0, 0.1) is 0 Å². The van der Waals surface area contributed by atoms with E-state index in [4.69, 9.17) is 13.9 Å². The fraction of sp³-hybridized carbons (Fsp3) is 0.370. The summed E-state index contributed by atoms with van der Waals surface area (Å²) >= 11 is 0.896. The van der Waals surface area contributed by atoms with Crippen LogP contribution in [0.15, 0.2) is 59.2 Å². The van der Waals surface area contributed by atoms with Crippen molar-refractivity contribution in [1.29, 1.82) is 0 Å². The maximum Gasteiger partial charge on any atom is 0.410 e. The Kier molecular flexibility index (Phi) is 8.48. The number of furan rings is 1. The third-order valence-electron chi connectivity index (χ3n) is 5.56. The molecule has 38 heavy (non-hydrogen) atoms. The molecule has 1 unspecified atom stereocenters. The maximum absolute atomic E-state index is 12.9. The van der Waals surface area contributed by atoms with E-state index in [0.29, 0.717) is 24.4 Å². The van der Waals surface area contributed by atoms with E-state index >= 15 is 0 Å². The molecule has 1 aromatic heterocycles. The van der Waals surface area contributed by atoms with Gasteiger partial charge in [0.1, 0.15) is 29.6 Å². The van der Waals surface area contributed by atoms with E-state index in [9.17, 15) is 19.5 Å². The van der Waals surface area contributed by atoms with Gasteiger partial charge in [0.2, 0.25) is 0 Å². The second kappa shape index (κ2) is 11.8. The van der Waals surface area contributed by atoms with Crippen molar-refractivity contribution in [2.24, 2.45) is 0 Å². The lowest BCUT2D eigenvalue weighted by Gasteiger charge is -2.29. The predicted molar refractivity (Wildman–Crippen MR) is 144 cm³/mol. The van der Waals surface area contributed by atoms with Gasteiger partial charge in [0, 0.05) is 17.6 Å². The molecule has 2 heterocycles. The van der Waals surface area contributed by atoms with Gasteiger partial charge in [-0.25, -0.2) is 4.79 Å². The average Bonchev–Trinajstić information content (AvgIpc) is 3.45. The Morgan fingerprint density at radius 3 is 2.63 bits per heavy atom. The number of nitrogens with one attached hydrogen (secondary N) is 2. The molecule has 0 saturated carbocycles. The Hall–Kier alpha value is -3.70. The fourth-order valence-electron chi connectivity index (χ4n) is 3.75. The highest BCUT2D eigenvalue weighted by atomic mass is 32.2. The number of hydrogen-bond donors (Lipinski definition) is 3. The molecule has 202 valence electrons. The first-order chi connectivity index (χ1) is 18.1. The van der Waals surface area contributed by atoms with Crippen molar-refractivity contribution in [2.75, 3.05) is 25.0 Å². The second-order valence-electron chi connectivity index (χ2n) is 9.88. The maximum atomic E-state index is 12.9. The summed E-state index contributed by atoms with van der Waals surface area (Å²) in [6.45, 7) is 5.71. The minimum absolute atomic E-state index is 0.00171. The molecule has 4 rings (SSSR count). The smallest absolute Gasteiger partial charge is 0.410 e. The molecule has 11 heteroatoms. The number of imide groups is 1. The lowest BCUT2D eigenvalue weighted by atomic mass is 10.1.